The van der Waals surface area contributed by atoms with Gasteiger partial charge in [0.25, 0.3) is 0 Å². The molecule has 2 rings (SSSR count). The molecule has 0 spiro atoms. The van der Waals surface area contributed by atoms with Crippen molar-refractivity contribution in [2.45, 2.75) is 25.9 Å². The third kappa shape index (κ3) is 4.31. The van der Waals surface area contributed by atoms with Crippen molar-refractivity contribution in [1.29, 1.82) is 0 Å². The molecule has 1 saturated heterocycles. The number of benzene rings is 1. The summed E-state index contributed by atoms with van der Waals surface area (Å²) in [6.45, 7) is 2.63. The number of nitrogen functional groups attached to an aromatic ring is 1. The van der Waals surface area contributed by atoms with Crippen molar-refractivity contribution in [1.82, 2.24) is 0 Å². The zero-order chi connectivity index (χ0) is 14.5. The molecule has 2 atom stereocenters. The smallest absolute Gasteiger partial charge is 0.236 e. The predicted octanol–water partition coefficient (Wildman–Crippen LogP) is 1.44. The van der Waals surface area contributed by atoms with Gasteiger partial charge in [0.15, 0.2) is 0 Å². The fourth-order valence-corrected chi connectivity index (χ4v) is 3.26. The van der Waals surface area contributed by atoms with Gasteiger partial charge in [-0.25, -0.2) is 0 Å². The molecule has 1 aromatic carbocycles. The maximum Gasteiger partial charge on any atom is 0.236 e. The van der Waals surface area contributed by atoms with Crippen molar-refractivity contribution in [2.24, 2.45) is 0 Å². The van der Waals surface area contributed by atoms with Gasteiger partial charge < -0.3 is 15.8 Å². The lowest BCUT2D eigenvalue weighted by molar-refractivity contribution is -0.113. The van der Waals surface area contributed by atoms with E-state index < -0.39 is 10.8 Å². The Morgan fingerprint density at radius 2 is 2.35 bits per heavy atom. The van der Waals surface area contributed by atoms with Gasteiger partial charge in [-0.15, -0.1) is 0 Å². The number of carbonyl (C=O) groups excluding carboxylic acids is 1. The minimum Gasteiger partial charge on any atom is -0.398 e. The summed E-state index contributed by atoms with van der Waals surface area (Å²) in [4.78, 5) is 11.8. The Morgan fingerprint density at radius 3 is 3.00 bits per heavy atom. The van der Waals surface area contributed by atoms with Crippen molar-refractivity contribution in [3.8, 4) is 0 Å². The van der Waals surface area contributed by atoms with Crippen LogP contribution in [0.1, 0.15) is 18.4 Å². The standard InChI is InChI=1S/C14H20N2O3S/c1-10-4-5-11(7-13(10)15)16-14(17)9-20(18)8-12-3-2-6-19-12/h4-5,7,12H,2-3,6,8-9,15H2,1H3,(H,16,17). The Labute approximate surface area is 121 Å². The summed E-state index contributed by atoms with van der Waals surface area (Å²) in [6.07, 6.45) is 1.98. The van der Waals surface area contributed by atoms with Crippen LogP contribution in [-0.2, 0) is 20.3 Å². The normalized spacial score (nSPS) is 19.8. The van der Waals surface area contributed by atoms with Gasteiger partial charge >= 0.3 is 0 Å². The van der Waals surface area contributed by atoms with E-state index in [0.717, 1.165) is 25.0 Å². The molecule has 1 aromatic rings. The van der Waals surface area contributed by atoms with Crippen molar-refractivity contribution >= 4 is 28.1 Å². The zero-order valence-corrected chi connectivity index (χ0v) is 12.4. The number of nitrogens with two attached hydrogens (primary N) is 1. The Kier molecular flexibility index (Phi) is 5.14. The first-order valence-electron chi connectivity index (χ1n) is 6.67. The Morgan fingerprint density at radius 1 is 1.55 bits per heavy atom. The topological polar surface area (TPSA) is 81.4 Å². The second-order valence-corrected chi connectivity index (χ2v) is 6.51. The number of anilines is 2. The highest BCUT2D eigenvalue weighted by molar-refractivity contribution is 7.85. The minimum atomic E-state index is -1.19. The van der Waals surface area contributed by atoms with Gasteiger partial charge in [0.2, 0.25) is 5.91 Å². The van der Waals surface area contributed by atoms with Gasteiger partial charge in [0.1, 0.15) is 5.75 Å². The van der Waals surface area contributed by atoms with Crippen LogP contribution in [0.2, 0.25) is 0 Å². The molecule has 6 heteroatoms. The molecule has 20 heavy (non-hydrogen) atoms. The maximum absolute atomic E-state index is 11.9. The largest absolute Gasteiger partial charge is 0.398 e. The number of ether oxygens (including phenoxy) is 1. The molecule has 2 unspecified atom stereocenters. The fourth-order valence-electron chi connectivity index (χ4n) is 2.10. The van der Waals surface area contributed by atoms with E-state index >= 15 is 0 Å². The van der Waals surface area contributed by atoms with E-state index in [-0.39, 0.29) is 17.8 Å². The lowest BCUT2D eigenvalue weighted by atomic mass is 10.2. The van der Waals surface area contributed by atoms with Gasteiger partial charge in [-0.05, 0) is 37.5 Å². The highest BCUT2D eigenvalue weighted by atomic mass is 32.2. The molecule has 0 aliphatic carbocycles. The molecular weight excluding hydrogens is 276 g/mol. The highest BCUT2D eigenvalue weighted by Gasteiger charge is 2.19. The number of hydrogen-bond acceptors (Lipinski definition) is 4. The summed E-state index contributed by atoms with van der Waals surface area (Å²) in [6, 6.07) is 5.33. The molecule has 1 aliphatic heterocycles. The molecule has 5 nitrogen and oxygen atoms in total. The average Bonchev–Trinajstić information content (AvgIpc) is 2.86. The van der Waals surface area contributed by atoms with E-state index in [1.807, 2.05) is 13.0 Å². The van der Waals surface area contributed by atoms with Crippen LogP contribution in [0.15, 0.2) is 18.2 Å². The third-order valence-corrected chi connectivity index (χ3v) is 4.58. The molecule has 1 heterocycles. The Hall–Kier alpha value is -1.40. The first kappa shape index (κ1) is 15.0. The van der Waals surface area contributed by atoms with E-state index in [2.05, 4.69) is 5.32 Å². The quantitative estimate of drug-likeness (QED) is 0.806. The molecule has 110 valence electrons. The molecular formula is C14H20N2O3S. The lowest BCUT2D eigenvalue weighted by Crippen LogP contribution is -2.25. The third-order valence-electron chi connectivity index (χ3n) is 3.25. The molecule has 3 N–H and O–H groups in total. The number of aryl methyl sites for hydroxylation is 1. The molecule has 1 aliphatic rings. The number of rotatable bonds is 5. The molecule has 0 bridgehead atoms. The monoisotopic (exact) mass is 296 g/mol. The van der Waals surface area contributed by atoms with Crippen LogP contribution in [0.4, 0.5) is 11.4 Å². The van der Waals surface area contributed by atoms with Gasteiger partial charge in [-0.2, -0.15) is 0 Å². The first-order chi connectivity index (χ1) is 9.54. The minimum absolute atomic E-state index is 0.00631. The number of hydrogen-bond donors (Lipinski definition) is 2. The zero-order valence-electron chi connectivity index (χ0n) is 11.6. The summed E-state index contributed by atoms with van der Waals surface area (Å²) in [5.74, 6) is 0.168. The van der Waals surface area contributed by atoms with Crippen LogP contribution in [-0.4, -0.2) is 34.3 Å². The second-order valence-electron chi connectivity index (χ2n) is 5.01. The first-order valence-corrected chi connectivity index (χ1v) is 8.16. The SMILES string of the molecule is Cc1ccc(NC(=O)CS(=O)CC2CCCO2)cc1N. The van der Waals surface area contributed by atoms with E-state index in [4.69, 9.17) is 10.5 Å². The fraction of sp³-hybridized carbons (Fsp3) is 0.500. The Bertz CT molecular complexity index is 513. The van der Waals surface area contributed by atoms with Gasteiger partial charge in [-0.1, -0.05) is 6.07 Å². The summed E-state index contributed by atoms with van der Waals surface area (Å²) in [5, 5.41) is 2.71. The number of amides is 1. The summed E-state index contributed by atoms with van der Waals surface area (Å²) >= 11 is 0. The summed E-state index contributed by atoms with van der Waals surface area (Å²) in [7, 11) is -1.19. The van der Waals surface area contributed by atoms with Crippen LogP contribution in [0.25, 0.3) is 0 Å². The van der Waals surface area contributed by atoms with E-state index in [1.165, 1.54) is 0 Å². The van der Waals surface area contributed by atoms with Crippen LogP contribution < -0.4 is 11.1 Å². The van der Waals surface area contributed by atoms with E-state index in [1.54, 1.807) is 12.1 Å². The Balaban J connectivity index is 1.82. The molecule has 1 amide bonds. The van der Waals surface area contributed by atoms with Gasteiger partial charge in [0, 0.05) is 28.8 Å². The average molecular weight is 296 g/mol. The lowest BCUT2D eigenvalue weighted by Gasteiger charge is -2.10. The molecule has 0 saturated carbocycles. The van der Waals surface area contributed by atoms with Crippen molar-refractivity contribution in [3.05, 3.63) is 23.8 Å². The van der Waals surface area contributed by atoms with E-state index in [0.29, 0.717) is 17.1 Å². The van der Waals surface area contributed by atoms with Crippen LogP contribution in [0.3, 0.4) is 0 Å². The van der Waals surface area contributed by atoms with Crippen molar-refractivity contribution in [2.75, 3.05) is 29.2 Å². The summed E-state index contributed by atoms with van der Waals surface area (Å²) < 4.78 is 17.3. The number of nitrogens with one attached hydrogen (secondary N) is 1. The second kappa shape index (κ2) is 6.85. The van der Waals surface area contributed by atoms with Crippen LogP contribution >= 0.6 is 0 Å². The van der Waals surface area contributed by atoms with Gasteiger partial charge in [0.05, 0.1) is 11.9 Å². The van der Waals surface area contributed by atoms with Crippen LogP contribution in [0, 0.1) is 6.92 Å². The van der Waals surface area contributed by atoms with Crippen molar-refractivity contribution in [3.63, 3.8) is 0 Å². The highest BCUT2D eigenvalue weighted by Crippen LogP contribution is 2.17. The molecule has 1 fully saturated rings. The van der Waals surface area contributed by atoms with Crippen LogP contribution in [0.5, 0.6) is 0 Å². The maximum atomic E-state index is 11.9. The molecule has 0 radical (unpaired) electrons. The van der Waals surface area contributed by atoms with Crippen molar-refractivity contribution < 1.29 is 13.7 Å². The summed E-state index contributed by atoms with van der Waals surface area (Å²) in [5.41, 5.74) is 8.00. The van der Waals surface area contributed by atoms with E-state index in [9.17, 15) is 9.00 Å². The van der Waals surface area contributed by atoms with Gasteiger partial charge in [-0.3, -0.25) is 9.00 Å². The molecule has 0 aromatic heterocycles. The number of carbonyl (C=O) groups is 1. The predicted molar refractivity (Wildman–Crippen MR) is 81.1 cm³/mol.